The Bertz CT molecular complexity index is 314. The van der Waals surface area contributed by atoms with Crippen LogP contribution < -0.4 is 0 Å². The van der Waals surface area contributed by atoms with Gasteiger partial charge in [-0.25, -0.2) is 0 Å². The summed E-state index contributed by atoms with van der Waals surface area (Å²) < 4.78 is 4.58. The van der Waals surface area contributed by atoms with E-state index in [1.165, 1.54) is 103 Å². The van der Waals surface area contributed by atoms with Crippen LogP contribution >= 0.6 is 0 Å². The molecule has 0 spiro atoms. The Morgan fingerprint density at radius 1 is 0.560 bits per heavy atom. The Balaban J connectivity index is 3.10. The summed E-state index contributed by atoms with van der Waals surface area (Å²) >= 11 is 0. The normalized spacial score (nSPS) is 12.1. The molecule has 0 N–H and O–H groups in total. The minimum atomic E-state index is 1.19. The molecular weight excluding hydrogens is 304 g/mol. The molecule has 0 unspecified atom stereocenters. The number of rotatable bonds is 19. The molecule has 0 aromatic heterocycles. The number of ether oxygens (including phenoxy) is 1. The van der Waals surface area contributed by atoms with Crippen LogP contribution in [0.25, 0.3) is 0 Å². The van der Waals surface area contributed by atoms with Crippen LogP contribution in [-0.4, -0.2) is 0 Å². The first kappa shape index (κ1) is 24.0. The van der Waals surface area contributed by atoms with Crippen LogP contribution in [0, 0.1) is 7.11 Å². The highest BCUT2D eigenvalue weighted by Gasteiger charge is 1.94. The molecule has 0 saturated carbocycles. The largest absolute Gasteiger partial charge is 0.498 e. The van der Waals surface area contributed by atoms with Crippen molar-refractivity contribution in [1.29, 1.82) is 0 Å². The van der Waals surface area contributed by atoms with Gasteiger partial charge in [-0.05, 0) is 18.9 Å². The molecule has 0 rings (SSSR count). The highest BCUT2D eigenvalue weighted by Crippen LogP contribution is 2.13. The average molecular weight is 348 g/mol. The van der Waals surface area contributed by atoms with Gasteiger partial charge in [-0.1, -0.05) is 121 Å². The Kier molecular flexibility index (Phi) is 22.1. The van der Waals surface area contributed by atoms with Crippen LogP contribution in [-0.2, 0) is 4.74 Å². The molecule has 0 aromatic carbocycles. The second kappa shape index (κ2) is 23.0. The molecule has 25 heavy (non-hydrogen) atoms. The van der Waals surface area contributed by atoms with E-state index in [-0.39, 0.29) is 0 Å². The SMILES string of the molecule is [CH2]OC=CC=CC=CCCCCCCCCCCCCCCCCC. The monoisotopic (exact) mass is 347 g/mol. The number of unbranched alkanes of at least 4 members (excludes halogenated alkanes) is 15. The van der Waals surface area contributed by atoms with Crippen molar-refractivity contribution in [1.82, 2.24) is 0 Å². The highest BCUT2D eigenvalue weighted by molar-refractivity contribution is 5.09. The van der Waals surface area contributed by atoms with Gasteiger partial charge in [0.2, 0.25) is 0 Å². The molecule has 0 aliphatic carbocycles. The first-order valence-electron chi connectivity index (χ1n) is 10.8. The van der Waals surface area contributed by atoms with Crippen LogP contribution in [0.15, 0.2) is 36.6 Å². The van der Waals surface area contributed by atoms with Gasteiger partial charge in [-0.15, -0.1) is 0 Å². The third-order valence-corrected chi connectivity index (χ3v) is 4.62. The standard InChI is InChI=1S/C24H43O/c1-3-4-5-6-7-8-9-10-11-12-13-14-15-16-17-18-19-20-21-22-23-24-25-2/h19-24H,2-18H2,1H3. The lowest BCUT2D eigenvalue weighted by atomic mass is 10.0. The first-order chi connectivity index (χ1) is 12.4. The van der Waals surface area contributed by atoms with Gasteiger partial charge in [0.25, 0.3) is 0 Å². The Hall–Kier alpha value is -0.980. The molecule has 0 fully saturated rings. The summed E-state index contributed by atoms with van der Waals surface area (Å²) in [6.45, 7) is 2.29. The second-order valence-electron chi connectivity index (χ2n) is 7.05. The smallest absolute Gasteiger partial charge is 0.121 e. The summed E-state index contributed by atoms with van der Waals surface area (Å²) in [6, 6.07) is 0. The fourth-order valence-corrected chi connectivity index (χ4v) is 3.04. The van der Waals surface area contributed by atoms with E-state index in [9.17, 15) is 0 Å². The second-order valence-corrected chi connectivity index (χ2v) is 7.05. The van der Waals surface area contributed by atoms with Crippen molar-refractivity contribution in [3.05, 3.63) is 43.8 Å². The summed E-state index contributed by atoms with van der Waals surface area (Å²) in [5, 5.41) is 0. The topological polar surface area (TPSA) is 9.23 Å². The van der Waals surface area contributed by atoms with Gasteiger partial charge in [0.05, 0.1) is 6.26 Å². The van der Waals surface area contributed by atoms with E-state index in [1.54, 1.807) is 6.26 Å². The van der Waals surface area contributed by atoms with Gasteiger partial charge in [0.1, 0.15) is 7.11 Å². The summed E-state index contributed by atoms with van der Waals surface area (Å²) in [7, 11) is 3.27. The Labute approximate surface area is 158 Å². The predicted molar refractivity (Wildman–Crippen MR) is 113 cm³/mol. The number of hydrogen-bond donors (Lipinski definition) is 0. The summed E-state index contributed by atoms with van der Waals surface area (Å²) in [5.74, 6) is 0. The fourth-order valence-electron chi connectivity index (χ4n) is 3.04. The van der Waals surface area contributed by atoms with E-state index in [2.05, 4.69) is 30.9 Å². The van der Waals surface area contributed by atoms with Crippen LogP contribution in [0.3, 0.4) is 0 Å². The van der Waals surface area contributed by atoms with Crippen molar-refractivity contribution >= 4 is 0 Å². The molecule has 145 valence electrons. The molecule has 1 radical (unpaired) electrons. The molecule has 0 aliphatic rings. The maximum atomic E-state index is 4.58. The van der Waals surface area contributed by atoms with Gasteiger partial charge in [0.15, 0.2) is 0 Å². The van der Waals surface area contributed by atoms with E-state index in [4.69, 9.17) is 0 Å². The minimum absolute atomic E-state index is 1.19. The summed E-state index contributed by atoms with van der Waals surface area (Å²) in [6.07, 6.45) is 34.4. The van der Waals surface area contributed by atoms with E-state index < -0.39 is 0 Å². The predicted octanol–water partition coefficient (Wildman–Crippen LogP) is 8.68. The van der Waals surface area contributed by atoms with Gasteiger partial charge < -0.3 is 4.74 Å². The fraction of sp³-hybridized carbons (Fsp3) is 0.708. The quantitative estimate of drug-likeness (QED) is 0.129. The lowest BCUT2D eigenvalue weighted by Crippen LogP contribution is -1.83. The van der Waals surface area contributed by atoms with Crippen molar-refractivity contribution in [2.75, 3.05) is 0 Å². The van der Waals surface area contributed by atoms with Crippen molar-refractivity contribution in [2.24, 2.45) is 0 Å². The van der Waals surface area contributed by atoms with Gasteiger partial charge in [0, 0.05) is 0 Å². The van der Waals surface area contributed by atoms with Crippen molar-refractivity contribution < 1.29 is 4.74 Å². The highest BCUT2D eigenvalue weighted by atomic mass is 16.5. The van der Waals surface area contributed by atoms with Crippen LogP contribution in [0.1, 0.15) is 110 Å². The first-order valence-corrected chi connectivity index (χ1v) is 10.8. The van der Waals surface area contributed by atoms with Gasteiger partial charge in [-0.2, -0.15) is 0 Å². The van der Waals surface area contributed by atoms with Crippen LogP contribution in [0.5, 0.6) is 0 Å². The third kappa shape index (κ3) is 23.0. The number of hydrogen-bond acceptors (Lipinski definition) is 1. The minimum Gasteiger partial charge on any atom is -0.498 e. The maximum absolute atomic E-state index is 4.58. The van der Waals surface area contributed by atoms with E-state index in [0.717, 1.165) is 0 Å². The lowest BCUT2D eigenvalue weighted by Gasteiger charge is -2.03. The Morgan fingerprint density at radius 3 is 1.48 bits per heavy atom. The summed E-state index contributed by atoms with van der Waals surface area (Å²) in [5.41, 5.74) is 0. The molecule has 1 heteroatoms. The molecule has 0 aliphatic heterocycles. The van der Waals surface area contributed by atoms with E-state index >= 15 is 0 Å². The van der Waals surface area contributed by atoms with Crippen molar-refractivity contribution in [3.8, 4) is 0 Å². The molecule has 0 aromatic rings. The lowest BCUT2D eigenvalue weighted by molar-refractivity contribution is 0.394. The molecule has 0 saturated heterocycles. The molecule has 0 bridgehead atoms. The molecule has 0 heterocycles. The zero-order valence-corrected chi connectivity index (χ0v) is 16.9. The van der Waals surface area contributed by atoms with Crippen LogP contribution in [0.2, 0.25) is 0 Å². The van der Waals surface area contributed by atoms with Crippen molar-refractivity contribution in [2.45, 2.75) is 110 Å². The van der Waals surface area contributed by atoms with Gasteiger partial charge in [-0.3, -0.25) is 0 Å². The third-order valence-electron chi connectivity index (χ3n) is 4.62. The molecular formula is C24H43O. The van der Waals surface area contributed by atoms with E-state index in [0.29, 0.717) is 0 Å². The molecule has 0 amide bonds. The summed E-state index contributed by atoms with van der Waals surface area (Å²) in [4.78, 5) is 0. The van der Waals surface area contributed by atoms with E-state index in [1.807, 2.05) is 18.2 Å². The van der Waals surface area contributed by atoms with Gasteiger partial charge >= 0.3 is 0 Å². The van der Waals surface area contributed by atoms with Crippen LogP contribution in [0.4, 0.5) is 0 Å². The maximum Gasteiger partial charge on any atom is 0.121 e. The Morgan fingerprint density at radius 2 is 1.00 bits per heavy atom. The molecule has 1 nitrogen and oxygen atoms in total. The molecule has 0 atom stereocenters. The van der Waals surface area contributed by atoms with Crippen molar-refractivity contribution in [3.63, 3.8) is 0 Å². The zero-order chi connectivity index (χ0) is 18.3. The number of allylic oxidation sites excluding steroid dienone is 5. The average Bonchev–Trinajstić information content (AvgIpc) is 2.63. The zero-order valence-electron chi connectivity index (χ0n) is 16.9.